The minimum atomic E-state index is -0.353. The van der Waals surface area contributed by atoms with E-state index in [-0.39, 0.29) is 11.9 Å². The Labute approximate surface area is 223 Å². The maximum absolute atomic E-state index is 13.8. The first-order chi connectivity index (χ1) is 17.4. The highest BCUT2D eigenvalue weighted by Crippen LogP contribution is 2.40. The van der Waals surface area contributed by atoms with E-state index < -0.39 is 0 Å². The van der Waals surface area contributed by atoms with Crippen molar-refractivity contribution in [3.05, 3.63) is 80.6 Å². The fourth-order valence-corrected chi connectivity index (χ4v) is 6.44. The molecule has 0 fully saturated rings. The molecule has 5 nitrogen and oxygen atoms in total. The minimum Gasteiger partial charge on any atom is -0.462 e. The molecule has 4 aromatic rings. The first-order valence-electron chi connectivity index (χ1n) is 12.2. The largest absolute Gasteiger partial charge is 0.462 e. The molecule has 0 aliphatic heterocycles. The fraction of sp³-hybridized carbons (Fsp3) is 0.276. The number of benzene rings is 2. The number of carbonyl (C=O) groups is 2. The lowest BCUT2D eigenvalue weighted by Gasteiger charge is -2.18. The van der Waals surface area contributed by atoms with Crippen LogP contribution < -0.4 is 5.32 Å². The van der Waals surface area contributed by atoms with Gasteiger partial charge in [-0.1, -0.05) is 60.1 Å². The molecule has 0 bridgehead atoms. The number of aromatic nitrogens is 1. The van der Waals surface area contributed by atoms with Crippen molar-refractivity contribution < 1.29 is 14.3 Å². The first kappa shape index (κ1) is 24.7. The maximum Gasteiger partial charge on any atom is 0.341 e. The van der Waals surface area contributed by atoms with E-state index >= 15 is 0 Å². The Hall–Kier alpha value is -3.03. The molecule has 2 aromatic heterocycles. The number of esters is 1. The van der Waals surface area contributed by atoms with Crippen LogP contribution in [0.15, 0.2) is 59.1 Å². The molecule has 0 saturated heterocycles. The predicted octanol–water partition coefficient (Wildman–Crippen LogP) is 7.67. The van der Waals surface area contributed by atoms with Gasteiger partial charge in [0, 0.05) is 20.3 Å². The van der Waals surface area contributed by atoms with Gasteiger partial charge in [-0.3, -0.25) is 4.79 Å². The van der Waals surface area contributed by atoms with Crippen molar-refractivity contribution in [2.24, 2.45) is 5.92 Å². The summed E-state index contributed by atoms with van der Waals surface area (Å²) in [4.78, 5) is 32.8. The number of fused-ring (bicyclic) bond motifs is 2. The van der Waals surface area contributed by atoms with Crippen molar-refractivity contribution in [1.29, 1.82) is 0 Å². The van der Waals surface area contributed by atoms with Gasteiger partial charge in [0.25, 0.3) is 5.91 Å². The lowest BCUT2D eigenvalue weighted by molar-refractivity contribution is 0.0505. The second-order valence-corrected chi connectivity index (χ2v) is 11.2. The second kappa shape index (κ2) is 10.5. The lowest BCUT2D eigenvalue weighted by atomic mass is 9.88. The third-order valence-corrected chi connectivity index (χ3v) is 8.12. The number of halogens is 1. The zero-order valence-electron chi connectivity index (χ0n) is 20.3. The van der Waals surface area contributed by atoms with Gasteiger partial charge in [0.15, 0.2) is 0 Å². The van der Waals surface area contributed by atoms with Gasteiger partial charge < -0.3 is 10.1 Å². The van der Waals surface area contributed by atoms with E-state index in [1.165, 1.54) is 16.2 Å². The Morgan fingerprint density at radius 3 is 2.81 bits per heavy atom. The number of thiophene rings is 1. The van der Waals surface area contributed by atoms with Crippen LogP contribution in [0.2, 0.25) is 0 Å². The Morgan fingerprint density at radius 1 is 1.17 bits per heavy atom. The number of para-hydroxylation sites is 1. The average Bonchev–Trinajstić information content (AvgIpc) is 3.23. The molecule has 1 N–H and O–H groups in total. The van der Waals surface area contributed by atoms with Crippen molar-refractivity contribution >= 4 is 55.0 Å². The second-order valence-electron chi connectivity index (χ2n) is 9.23. The Bertz CT molecular complexity index is 1460. The molecule has 7 heteroatoms. The monoisotopic (exact) mass is 562 g/mol. The van der Waals surface area contributed by atoms with Crippen molar-refractivity contribution in [2.75, 3.05) is 11.9 Å². The summed E-state index contributed by atoms with van der Waals surface area (Å²) in [5.74, 6) is -0.0641. The molecule has 1 aliphatic carbocycles. The quantitative estimate of drug-likeness (QED) is 0.245. The molecule has 2 aromatic carbocycles. The van der Waals surface area contributed by atoms with Crippen molar-refractivity contribution in [1.82, 2.24) is 4.98 Å². The third-order valence-electron chi connectivity index (χ3n) is 6.46. The molecule has 36 heavy (non-hydrogen) atoms. The van der Waals surface area contributed by atoms with E-state index in [4.69, 9.17) is 9.72 Å². The number of rotatable bonds is 6. The Balaban J connectivity index is 1.57. The summed E-state index contributed by atoms with van der Waals surface area (Å²) in [6.07, 6.45) is 3.51. The van der Waals surface area contributed by atoms with Crippen LogP contribution in [0.4, 0.5) is 5.00 Å². The molecular formula is C29H27BrN2O3S. The summed E-state index contributed by atoms with van der Waals surface area (Å²) in [5.41, 5.74) is 4.43. The van der Waals surface area contributed by atoms with Gasteiger partial charge in [-0.25, -0.2) is 9.78 Å². The standard InChI is InChI=1S/C29H27BrN2O3S/c1-3-13-35-29(34)26-21-12-11-17(2)14-25(21)36-28(26)32-27(33)22-16-24(18-7-6-8-19(30)15-18)31-23-10-5-4-9-20(22)23/h4-10,15-17H,3,11-14H2,1-2H3,(H,32,33)/t17-/m1/s1. The van der Waals surface area contributed by atoms with Crippen LogP contribution in [-0.2, 0) is 17.6 Å². The SMILES string of the molecule is CCCOC(=O)c1c(NC(=O)c2cc(-c3cccc(Br)c3)nc3ccccc23)sc2c1CC[C@@H](C)C2. The topological polar surface area (TPSA) is 68.3 Å². The Kier molecular flexibility index (Phi) is 7.21. The number of amides is 1. The van der Waals surface area contributed by atoms with Crippen LogP contribution in [-0.4, -0.2) is 23.5 Å². The highest BCUT2D eigenvalue weighted by Gasteiger charge is 2.29. The highest BCUT2D eigenvalue weighted by molar-refractivity contribution is 9.10. The molecule has 1 atom stereocenters. The summed E-state index contributed by atoms with van der Waals surface area (Å²) in [6.45, 7) is 4.55. The predicted molar refractivity (Wildman–Crippen MR) is 149 cm³/mol. The molecule has 0 saturated carbocycles. The molecule has 1 amide bonds. The zero-order chi connectivity index (χ0) is 25.2. The van der Waals surface area contributed by atoms with E-state index in [0.717, 1.165) is 52.2 Å². The average molecular weight is 564 g/mol. The molecule has 0 spiro atoms. The van der Waals surface area contributed by atoms with Crippen LogP contribution in [0.25, 0.3) is 22.2 Å². The van der Waals surface area contributed by atoms with Gasteiger partial charge in [-0.15, -0.1) is 11.3 Å². The van der Waals surface area contributed by atoms with Gasteiger partial charge >= 0.3 is 5.97 Å². The molecule has 184 valence electrons. The van der Waals surface area contributed by atoms with E-state index in [9.17, 15) is 9.59 Å². The first-order valence-corrected chi connectivity index (χ1v) is 13.8. The van der Waals surface area contributed by atoms with Crippen molar-refractivity contribution in [3.63, 3.8) is 0 Å². The van der Waals surface area contributed by atoms with Crippen LogP contribution in [0.5, 0.6) is 0 Å². The van der Waals surface area contributed by atoms with Crippen LogP contribution >= 0.6 is 27.3 Å². The summed E-state index contributed by atoms with van der Waals surface area (Å²) >= 11 is 5.03. The number of nitrogens with zero attached hydrogens (tertiary/aromatic N) is 1. The molecule has 0 radical (unpaired) electrons. The number of hydrogen-bond acceptors (Lipinski definition) is 5. The maximum atomic E-state index is 13.8. The minimum absolute atomic E-state index is 0.263. The number of anilines is 1. The van der Waals surface area contributed by atoms with Gasteiger partial charge in [0.1, 0.15) is 5.00 Å². The van der Waals surface area contributed by atoms with Gasteiger partial charge in [0.2, 0.25) is 0 Å². The Morgan fingerprint density at radius 2 is 2.00 bits per heavy atom. The number of pyridine rings is 1. The number of carbonyl (C=O) groups excluding carboxylic acids is 2. The normalized spacial score (nSPS) is 14.9. The fourth-order valence-electron chi connectivity index (χ4n) is 4.65. The number of hydrogen-bond donors (Lipinski definition) is 1. The zero-order valence-corrected chi connectivity index (χ0v) is 22.7. The van der Waals surface area contributed by atoms with Gasteiger partial charge in [-0.2, -0.15) is 0 Å². The summed E-state index contributed by atoms with van der Waals surface area (Å²) in [5, 5.41) is 4.42. The summed E-state index contributed by atoms with van der Waals surface area (Å²) < 4.78 is 6.46. The summed E-state index contributed by atoms with van der Waals surface area (Å²) in [6, 6.07) is 17.3. The van der Waals surface area contributed by atoms with Crippen molar-refractivity contribution in [3.8, 4) is 11.3 Å². The van der Waals surface area contributed by atoms with Crippen molar-refractivity contribution in [2.45, 2.75) is 39.5 Å². The van der Waals surface area contributed by atoms with Gasteiger partial charge in [-0.05, 0) is 61.4 Å². The third kappa shape index (κ3) is 4.95. The van der Waals surface area contributed by atoms with Gasteiger partial charge in [0.05, 0.1) is 28.9 Å². The number of nitrogens with one attached hydrogen (secondary N) is 1. The lowest BCUT2D eigenvalue weighted by Crippen LogP contribution is -2.17. The summed E-state index contributed by atoms with van der Waals surface area (Å²) in [7, 11) is 0. The van der Waals surface area contributed by atoms with E-state index in [1.807, 2.05) is 61.5 Å². The molecule has 5 rings (SSSR count). The molecular weight excluding hydrogens is 536 g/mol. The van der Waals surface area contributed by atoms with E-state index in [0.29, 0.717) is 34.3 Å². The van der Waals surface area contributed by atoms with Crippen LogP contribution in [0, 0.1) is 5.92 Å². The molecule has 2 heterocycles. The smallest absolute Gasteiger partial charge is 0.341 e. The van der Waals surface area contributed by atoms with E-state index in [1.54, 1.807) is 0 Å². The molecule has 0 unspecified atom stereocenters. The number of ether oxygens (including phenoxy) is 1. The van der Waals surface area contributed by atoms with Crippen LogP contribution in [0.1, 0.15) is 57.8 Å². The highest BCUT2D eigenvalue weighted by atomic mass is 79.9. The van der Waals surface area contributed by atoms with Crippen LogP contribution in [0.3, 0.4) is 0 Å². The molecule has 1 aliphatic rings. The van der Waals surface area contributed by atoms with E-state index in [2.05, 4.69) is 28.2 Å².